The highest BCUT2D eigenvalue weighted by atomic mass is 16.5. The number of rotatable bonds is 7. The molecule has 1 atom stereocenters. The van der Waals surface area contributed by atoms with Crippen molar-refractivity contribution >= 4 is 18.9 Å². The van der Waals surface area contributed by atoms with E-state index >= 15 is 0 Å². The Kier molecular flexibility index (Phi) is 11.3. The maximum Gasteiger partial charge on any atom is 0.472 e. The van der Waals surface area contributed by atoms with Crippen LogP contribution in [0, 0.1) is 5.92 Å². The molecule has 140 valence electrons. The fraction of sp³-hybridized carbons (Fsp3) is 0.529. The zero-order valence-electron chi connectivity index (χ0n) is 15.6. The summed E-state index contributed by atoms with van der Waals surface area (Å²) in [7, 11) is -0.0769. The monoisotopic (exact) mass is 352 g/mol. The molecule has 0 fully saturated rings. The van der Waals surface area contributed by atoms with Gasteiger partial charge in [-0.1, -0.05) is 32.9 Å². The lowest BCUT2D eigenvalue weighted by Gasteiger charge is -2.18. The summed E-state index contributed by atoms with van der Waals surface area (Å²) >= 11 is 0. The first-order chi connectivity index (χ1) is 11.6. The molecule has 0 bridgehead atoms. The first-order valence-electron chi connectivity index (χ1n) is 8.19. The van der Waals surface area contributed by atoms with E-state index < -0.39 is 19.1 Å². The van der Waals surface area contributed by atoms with E-state index in [4.69, 9.17) is 14.8 Å². The summed E-state index contributed by atoms with van der Waals surface area (Å²) in [5.41, 5.74) is 0.726. The first-order valence-corrected chi connectivity index (χ1v) is 8.19. The molecule has 25 heavy (non-hydrogen) atoms. The van der Waals surface area contributed by atoms with Crippen LogP contribution in [-0.4, -0.2) is 42.5 Å². The van der Waals surface area contributed by atoms with Crippen molar-refractivity contribution in [3.05, 3.63) is 29.8 Å². The molecule has 1 aromatic rings. The van der Waals surface area contributed by atoms with Crippen LogP contribution in [0.2, 0.25) is 0 Å². The highest BCUT2D eigenvalue weighted by Gasteiger charge is 2.18. The third-order valence-corrected chi connectivity index (χ3v) is 2.74. The van der Waals surface area contributed by atoms with E-state index in [1.807, 2.05) is 0 Å². The lowest BCUT2D eigenvalue weighted by atomic mass is 9.92. The topological polar surface area (TPSA) is 108 Å². The van der Waals surface area contributed by atoms with Crippen LogP contribution < -0.4 is 15.4 Å². The van der Waals surface area contributed by atoms with Crippen molar-refractivity contribution in [1.82, 2.24) is 10.6 Å². The second kappa shape index (κ2) is 12.3. The summed E-state index contributed by atoms with van der Waals surface area (Å²) in [6, 6.07) is 6.51. The minimum absolute atomic E-state index is 0.0144. The Morgan fingerprint density at radius 1 is 1.24 bits per heavy atom. The molecule has 7 nitrogen and oxygen atoms in total. The third-order valence-electron chi connectivity index (χ3n) is 2.74. The van der Waals surface area contributed by atoms with Gasteiger partial charge in [0, 0.05) is 6.92 Å². The number of hydrogen-bond acceptors (Lipinski definition) is 5. The number of benzene rings is 1. The molecule has 2 amide bonds. The Morgan fingerprint density at radius 2 is 1.84 bits per heavy atom. The second-order valence-corrected chi connectivity index (χ2v) is 6.25. The van der Waals surface area contributed by atoms with Gasteiger partial charge in [0.25, 0.3) is 0 Å². The average Bonchev–Trinajstić information content (AvgIpc) is 2.51. The summed E-state index contributed by atoms with van der Waals surface area (Å²) in [6.45, 7) is 7.86. The summed E-state index contributed by atoms with van der Waals surface area (Å²) in [4.78, 5) is 23.0. The van der Waals surface area contributed by atoms with Gasteiger partial charge in [0.2, 0.25) is 11.8 Å². The Morgan fingerprint density at radius 3 is 2.32 bits per heavy atom. The maximum absolute atomic E-state index is 11.8. The van der Waals surface area contributed by atoms with Crippen LogP contribution in [0.25, 0.3) is 0 Å². The number of carbonyl (C=O) groups excluding carboxylic acids is 2. The van der Waals surface area contributed by atoms with E-state index in [-0.39, 0.29) is 18.8 Å². The van der Waals surface area contributed by atoms with Gasteiger partial charge < -0.3 is 25.4 Å². The van der Waals surface area contributed by atoms with Crippen LogP contribution in [-0.2, 0) is 9.59 Å². The van der Waals surface area contributed by atoms with Crippen molar-refractivity contribution in [3.8, 4) is 5.75 Å². The minimum Gasteiger partial charge on any atom is -0.497 e. The molecule has 8 heteroatoms. The molecular weight excluding hydrogens is 323 g/mol. The Labute approximate surface area is 149 Å². The van der Waals surface area contributed by atoms with Crippen molar-refractivity contribution in [3.63, 3.8) is 0 Å². The summed E-state index contributed by atoms with van der Waals surface area (Å²) < 4.78 is 5.11. The fourth-order valence-corrected chi connectivity index (χ4v) is 1.82. The highest BCUT2D eigenvalue weighted by Crippen LogP contribution is 2.21. The van der Waals surface area contributed by atoms with E-state index in [0.29, 0.717) is 5.75 Å². The highest BCUT2D eigenvalue weighted by molar-refractivity contribution is 6.41. The average molecular weight is 352 g/mol. The van der Waals surface area contributed by atoms with Crippen LogP contribution in [0.15, 0.2) is 24.3 Å². The molecule has 0 spiro atoms. The van der Waals surface area contributed by atoms with E-state index in [9.17, 15) is 9.59 Å². The standard InChI is InChI=1S/C13H19BN2O5.C4H10/c1-9(17)16-12(7-13(18)15-8-14(19)20)10-4-3-5-11(6-10)21-2;1-4(2)3/h3-6,12,19-20H,7-8H2,1-2H3,(H,15,18)(H,16,17);4H,1-3H3. The lowest BCUT2D eigenvalue weighted by molar-refractivity contribution is -0.122. The predicted octanol–water partition coefficient (Wildman–Crippen LogP) is 1.05. The molecule has 1 unspecified atom stereocenters. The molecule has 0 saturated heterocycles. The summed E-state index contributed by atoms with van der Waals surface area (Å²) in [5.74, 6) is 0.788. The number of nitrogens with one attached hydrogen (secondary N) is 2. The molecule has 0 radical (unpaired) electrons. The van der Waals surface area contributed by atoms with E-state index in [1.165, 1.54) is 14.0 Å². The molecule has 1 rings (SSSR count). The quantitative estimate of drug-likeness (QED) is 0.549. The van der Waals surface area contributed by atoms with E-state index in [2.05, 4.69) is 31.4 Å². The SMILES string of the molecule is CC(C)C.COc1cccc(C(CC(=O)NCB(O)O)NC(C)=O)c1. The molecule has 1 aromatic carbocycles. The lowest BCUT2D eigenvalue weighted by Crippen LogP contribution is -2.37. The first kappa shape index (κ1) is 22.9. The van der Waals surface area contributed by atoms with Gasteiger partial charge in [-0.2, -0.15) is 0 Å². The number of methoxy groups -OCH3 is 1. The van der Waals surface area contributed by atoms with Crippen LogP contribution in [0.4, 0.5) is 0 Å². The molecular formula is C17H29BN2O5. The van der Waals surface area contributed by atoms with Gasteiger partial charge in [-0.05, 0) is 23.6 Å². The predicted molar refractivity (Wildman–Crippen MR) is 97.9 cm³/mol. The van der Waals surface area contributed by atoms with Crippen LogP contribution in [0.1, 0.15) is 45.7 Å². The molecule has 0 aliphatic rings. The molecule has 0 aliphatic carbocycles. The summed E-state index contributed by atoms with van der Waals surface area (Å²) in [6.07, 6.45) is -0.275. The number of hydrogen-bond donors (Lipinski definition) is 4. The van der Waals surface area contributed by atoms with Gasteiger partial charge >= 0.3 is 7.12 Å². The van der Waals surface area contributed by atoms with Crippen molar-refractivity contribution in [2.24, 2.45) is 5.92 Å². The number of carbonyl (C=O) groups is 2. The Hall–Kier alpha value is -2.06. The van der Waals surface area contributed by atoms with Gasteiger partial charge in [-0.15, -0.1) is 0 Å². The van der Waals surface area contributed by atoms with Gasteiger partial charge in [0.05, 0.1) is 26.0 Å². The minimum atomic E-state index is -1.61. The van der Waals surface area contributed by atoms with Crippen molar-refractivity contribution in [1.29, 1.82) is 0 Å². The van der Waals surface area contributed by atoms with Crippen LogP contribution in [0.3, 0.4) is 0 Å². The largest absolute Gasteiger partial charge is 0.497 e. The fourth-order valence-electron chi connectivity index (χ4n) is 1.82. The normalized spacial score (nSPS) is 11.0. The van der Waals surface area contributed by atoms with Gasteiger partial charge in [0.15, 0.2) is 0 Å². The van der Waals surface area contributed by atoms with E-state index in [1.54, 1.807) is 24.3 Å². The smallest absolute Gasteiger partial charge is 0.472 e. The van der Waals surface area contributed by atoms with E-state index in [0.717, 1.165) is 11.5 Å². The maximum atomic E-state index is 11.8. The van der Waals surface area contributed by atoms with Crippen molar-refractivity contribution in [2.75, 3.05) is 13.6 Å². The second-order valence-electron chi connectivity index (χ2n) is 6.25. The molecule has 0 aliphatic heterocycles. The van der Waals surface area contributed by atoms with Gasteiger partial charge in [0.1, 0.15) is 5.75 Å². The third kappa shape index (κ3) is 12.0. The molecule has 0 saturated carbocycles. The van der Waals surface area contributed by atoms with Crippen LogP contribution >= 0.6 is 0 Å². The zero-order valence-corrected chi connectivity index (χ0v) is 15.6. The molecule has 0 aromatic heterocycles. The molecule has 4 N–H and O–H groups in total. The number of amides is 2. The number of ether oxygens (including phenoxy) is 1. The van der Waals surface area contributed by atoms with Crippen molar-refractivity contribution in [2.45, 2.75) is 40.2 Å². The zero-order chi connectivity index (χ0) is 19.4. The Bertz CT molecular complexity index is 535. The van der Waals surface area contributed by atoms with Crippen molar-refractivity contribution < 1.29 is 24.4 Å². The Balaban J connectivity index is 0.00000129. The van der Waals surface area contributed by atoms with Crippen LogP contribution in [0.5, 0.6) is 5.75 Å². The van der Waals surface area contributed by atoms with Gasteiger partial charge in [-0.3, -0.25) is 9.59 Å². The summed E-state index contributed by atoms with van der Waals surface area (Å²) in [5, 5.41) is 22.5. The van der Waals surface area contributed by atoms with Gasteiger partial charge in [-0.25, -0.2) is 0 Å². The molecule has 0 heterocycles.